The quantitative estimate of drug-likeness (QED) is 0.397. The Bertz CT molecular complexity index is 655. The van der Waals surface area contributed by atoms with Crippen LogP contribution in [0.15, 0.2) is 14.4 Å². The minimum Gasteiger partial charge on any atom is -0.690 e. The lowest BCUT2D eigenvalue weighted by Gasteiger charge is -1.96. The van der Waals surface area contributed by atoms with E-state index in [1.807, 2.05) is 0 Å². The van der Waals surface area contributed by atoms with Crippen molar-refractivity contribution in [1.29, 1.82) is 10.5 Å². The van der Waals surface area contributed by atoms with E-state index < -0.39 is 5.82 Å². The summed E-state index contributed by atoms with van der Waals surface area (Å²) in [5.41, 5.74) is -0.625. The molecule has 2 heterocycles. The van der Waals surface area contributed by atoms with Gasteiger partial charge in [0.2, 0.25) is 5.69 Å². The van der Waals surface area contributed by atoms with Gasteiger partial charge < -0.3 is 5.21 Å². The molecule has 17 heavy (non-hydrogen) atoms. The van der Waals surface area contributed by atoms with Crippen molar-refractivity contribution in [2.45, 2.75) is 0 Å². The predicted molar refractivity (Wildman–Crippen MR) is 43.4 cm³/mol. The third-order valence-electron chi connectivity index (χ3n) is 1.52. The highest BCUT2D eigenvalue weighted by Gasteiger charge is 2.21. The lowest BCUT2D eigenvalue weighted by atomic mass is 10.5. The van der Waals surface area contributed by atoms with Crippen molar-refractivity contribution < 1.29 is 14.1 Å². The lowest BCUT2D eigenvalue weighted by Crippen LogP contribution is -1.94. The predicted octanol–water partition coefficient (Wildman–Crippen LogP) is 0.122. The van der Waals surface area contributed by atoms with Crippen molar-refractivity contribution in [3.05, 3.63) is 16.6 Å². The number of rotatable bonds is 2. The van der Waals surface area contributed by atoms with Crippen LogP contribution in [0.1, 0.15) is 11.4 Å². The normalized spacial score (nSPS) is 10.8. The van der Waals surface area contributed by atoms with Crippen LogP contribution < -0.4 is 0 Å². The summed E-state index contributed by atoms with van der Waals surface area (Å²) in [6.45, 7) is 0. The van der Waals surface area contributed by atoms with Crippen molar-refractivity contribution >= 4 is 11.6 Å². The molecule has 0 bridgehead atoms. The first-order chi connectivity index (χ1) is 8.26. The molecule has 0 aliphatic heterocycles. The molecule has 2 rings (SSSR count). The number of nitriles is 2. The zero-order valence-electron chi connectivity index (χ0n) is 7.80. The highest BCUT2D eigenvalue weighted by atomic mass is 16.6. The van der Waals surface area contributed by atoms with Crippen molar-refractivity contribution in [3.63, 3.8) is 0 Å². The molecule has 0 fully saturated rings. The maximum absolute atomic E-state index is 11.4. The molecule has 0 aliphatic carbocycles. The second kappa shape index (κ2) is 4.03. The van der Waals surface area contributed by atoms with E-state index >= 15 is 0 Å². The van der Waals surface area contributed by atoms with Crippen LogP contribution in [0, 0.1) is 27.9 Å². The Morgan fingerprint density at radius 3 is 2.41 bits per heavy atom. The molecule has 82 valence electrons. The summed E-state index contributed by atoms with van der Waals surface area (Å²) in [7, 11) is 0. The first-order valence-electron chi connectivity index (χ1n) is 3.90. The monoisotopic (exact) mass is 232 g/mol. The average molecular weight is 232 g/mol. The van der Waals surface area contributed by atoms with E-state index in [1.54, 1.807) is 12.1 Å². The summed E-state index contributed by atoms with van der Waals surface area (Å²) in [4.78, 5) is -0.0740. The van der Waals surface area contributed by atoms with Crippen LogP contribution in [0.4, 0.5) is 11.6 Å². The van der Waals surface area contributed by atoms with E-state index in [-0.39, 0.29) is 22.1 Å². The van der Waals surface area contributed by atoms with Crippen molar-refractivity contribution in [2.75, 3.05) is 0 Å². The zero-order valence-corrected chi connectivity index (χ0v) is 7.80. The first kappa shape index (κ1) is 10.2. The van der Waals surface area contributed by atoms with Crippen LogP contribution >= 0.6 is 0 Å². The molecule has 0 aromatic carbocycles. The smallest absolute Gasteiger partial charge is 0.436 e. The summed E-state index contributed by atoms with van der Waals surface area (Å²) in [6.07, 6.45) is 0. The van der Waals surface area contributed by atoms with Crippen LogP contribution in [-0.2, 0) is 0 Å². The van der Waals surface area contributed by atoms with Crippen LogP contribution in [0.3, 0.4) is 0 Å². The maximum Gasteiger partial charge on any atom is 0.436 e. The summed E-state index contributed by atoms with van der Waals surface area (Å²) >= 11 is 0. The van der Waals surface area contributed by atoms with Gasteiger partial charge in [0, 0.05) is 0 Å². The SMILES string of the molecule is N#Cc1nonc1N=[N+]([O-])c1nonc1C#N. The van der Waals surface area contributed by atoms with E-state index in [1.165, 1.54) is 0 Å². The fourth-order valence-electron chi connectivity index (χ4n) is 0.833. The number of aromatic nitrogens is 4. The topological polar surface area (TPSA) is 164 Å². The minimum atomic E-state index is -0.459. The van der Waals surface area contributed by atoms with Crippen LogP contribution in [0.2, 0.25) is 0 Å². The number of hydrogen-bond acceptors (Lipinski definition) is 10. The minimum absolute atomic E-state index is 0.0740. The van der Waals surface area contributed by atoms with Gasteiger partial charge in [0.25, 0.3) is 11.5 Å². The van der Waals surface area contributed by atoms with Crippen LogP contribution in [0.5, 0.6) is 0 Å². The van der Waals surface area contributed by atoms with E-state index in [4.69, 9.17) is 10.5 Å². The van der Waals surface area contributed by atoms with Gasteiger partial charge in [0.1, 0.15) is 12.1 Å². The van der Waals surface area contributed by atoms with Gasteiger partial charge in [-0.25, -0.2) is 4.63 Å². The van der Waals surface area contributed by atoms with Gasteiger partial charge in [-0.3, -0.25) is 0 Å². The van der Waals surface area contributed by atoms with E-state index in [0.29, 0.717) is 0 Å². The molecule has 0 atom stereocenters. The van der Waals surface area contributed by atoms with Crippen LogP contribution in [-0.4, -0.2) is 25.5 Å². The highest BCUT2D eigenvalue weighted by Crippen LogP contribution is 2.17. The molecule has 0 aliphatic rings. The van der Waals surface area contributed by atoms with Gasteiger partial charge in [-0.1, -0.05) is 5.11 Å². The molecule has 2 aromatic heterocycles. The Morgan fingerprint density at radius 2 is 1.71 bits per heavy atom. The van der Waals surface area contributed by atoms with Gasteiger partial charge in [0.15, 0.2) is 5.16 Å². The number of azo groups is 1. The fourth-order valence-corrected chi connectivity index (χ4v) is 0.833. The number of nitrogens with zero attached hydrogens (tertiary/aromatic N) is 8. The third-order valence-corrected chi connectivity index (χ3v) is 1.52. The van der Waals surface area contributed by atoms with Gasteiger partial charge in [-0.2, -0.15) is 10.5 Å². The summed E-state index contributed by atoms with van der Waals surface area (Å²) in [5, 5.41) is 44.6. The van der Waals surface area contributed by atoms with E-state index in [0.717, 1.165) is 0 Å². The molecule has 0 N–H and O–H groups in total. The average Bonchev–Trinajstić information content (AvgIpc) is 2.96. The van der Waals surface area contributed by atoms with Gasteiger partial charge in [-0.15, -0.1) is 9.49 Å². The van der Waals surface area contributed by atoms with E-state index in [9.17, 15) is 5.21 Å². The largest absolute Gasteiger partial charge is 0.690 e. The maximum atomic E-state index is 11.4. The summed E-state index contributed by atoms with van der Waals surface area (Å²) in [6, 6.07) is 3.17. The second-order valence-electron chi connectivity index (χ2n) is 2.47. The van der Waals surface area contributed by atoms with Gasteiger partial charge in [-0.05, 0) is 15.5 Å². The van der Waals surface area contributed by atoms with Crippen molar-refractivity contribution in [2.24, 2.45) is 5.11 Å². The molecule has 2 aromatic rings. The van der Waals surface area contributed by atoms with Crippen molar-refractivity contribution in [3.8, 4) is 12.1 Å². The Labute approximate surface area is 91.7 Å². The molecule has 11 nitrogen and oxygen atoms in total. The lowest BCUT2D eigenvalue weighted by molar-refractivity contribution is -0.441. The Hall–Kier alpha value is -3.34. The molecule has 0 spiro atoms. The van der Waals surface area contributed by atoms with Gasteiger partial charge >= 0.3 is 5.82 Å². The second-order valence-corrected chi connectivity index (χ2v) is 2.47. The Kier molecular flexibility index (Phi) is 2.42. The fraction of sp³-hybridized carbons (Fsp3) is 0. The van der Waals surface area contributed by atoms with E-state index in [2.05, 4.69) is 35.0 Å². The first-order valence-corrected chi connectivity index (χ1v) is 3.90. The van der Waals surface area contributed by atoms with Crippen LogP contribution in [0.25, 0.3) is 0 Å². The standard InChI is InChI=1S/C6N8O3/c7-1-3-5(12-16-10-3)9-14(15)6-4(2-8)11-17-13-6. The van der Waals surface area contributed by atoms with Gasteiger partial charge in [0.05, 0.1) is 0 Å². The summed E-state index contributed by atoms with van der Waals surface area (Å²) in [5.74, 6) is -0.797. The molecule has 0 saturated carbocycles. The molecule has 0 radical (unpaired) electrons. The third kappa shape index (κ3) is 1.75. The number of hydrogen-bond donors (Lipinski definition) is 0. The molecular formula is C6N8O3. The summed E-state index contributed by atoms with van der Waals surface area (Å²) < 4.78 is 8.39. The Balaban J connectivity index is 2.43. The molecule has 11 heteroatoms. The highest BCUT2D eigenvalue weighted by molar-refractivity contribution is 5.39. The van der Waals surface area contributed by atoms with Crippen molar-refractivity contribution in [1.82, 2.24) is 20.6 Å². The Morgan fingerprint density at radius 1 is 1.06 bits per heavy atom. The molecule has 0 unspecified atom stereocenters. The molecular weight excluding hydrogens is 232 g/mol. The molecule has 0 amide bonds. The molecule has 0 saturated heterocycles. The zero-order chi connectivity index (χ0) is 12.3.